The lowest BCUT2D eigenvalue weighted by Crippen LogP contribution is -2.19. The van der Waals surface area contributed by atoms with Crippen LogP contribution < -0.4 is 10.4 Å². The highest BCUT2D eigenvalue weighted by Gasteiger charge is 2.21. The van der Waals surface area contributed by atoms with E-state index in [1.807, 2.05) is 6.92 Å². The number of nitrogens with zero attached hydrogens (tertiary/aromatic N) is 3. The zero-order chi connectivity index (χ0) is 16.7. The number of benzene rings is 1. The van der Waals surface area contributed by atoms with Crippen LogP contribution in [-0.4, -0.2) is 26.2 Å². The zero-order valence-corrected chi connectivity index (χ0v) is 14.3. The highest BCUT2D eigenvalue weighted by molar-refractivity contribution is 6.39. The molecule has 0 atom stereocenters. The van der Waals surface area contributed by atoms with E-state index in [0.29, 0.717) is 50.7 Å². The van der Waals surface area contributed by atoms with Crippen LogP contribution in [0.5, 0.6) is 5.75 Å². The fraction of sp³-hybridized carbons (Fsp3) is 0.267. The van der Waals surface area contributed by atoms with Crippen LogP contribution in [0.3, 0.4) is 0 Å². The normalized spacial score (nSPS) is 11.2. The molecule has 1 N–H and O–H groups in total. The van der Waals surface area contributed by atoms with Gasteiger partial charge in [-0.1, -0.05) is 23.2 Å². The Morgan fingerprint density at radius 3 is 2.48 bits per heavy atom. The van der Waals surface area contributed by atoms with E-state index in [-0.39, 0.29) is 5.69 Å². The number of rotatable bonds is 3. The largest absolute Gasteiger partial charge is 0.494 e. The summed E-state index contributed by atoms with van der Waals surface area (Å²) in [5.41, 5.74) is 1.89. The van der Waals surface area contributed by atoms with Crippen molar-refractivity contribution in [2.24, 2.45) is 0 Å². The second-order valence-corrected chi connectivity index (χ2v) is 5.83. The van der Waals surface area contributed by atoms with Crippen molar-refractivity contribution in [2.45, 2.75) is 20.8 Å². The number of hydrogen-bond acceptors (Lipinski definition) is 4. The van der Waals surface area contributed by atoms with E-state index in [2.05, 4.69) is 15.1 Å². The average molecular weight is 353 g/mol. The Balaban J connectivity index is 2.33. The summed E-state index contributed by atoms with van der Waals surface area (Å²) in [7, 11) is 0. The predicted molar refractivity (Wildman–Crippen MR) is 89.7 cm³/mol. The van der Waals surface area contributed by atoms with Crippen molar-refractivity contribution < 1.29 is 4.74 Å². The number of aromatic amines is 1. The molecule has 2 aromatic heterocycles. The zero-order valence-electron chi connectivity index (χ0n) is 12.8. The third-order valence-electron chi connectivity index (χ3n) is 3.37. The summed E-state index contributed by atoms with van der Waals surface area (Å²) in [6.07, 6.45) is 0. The molecule has 1 aromatic carbocycles. The average Bonchev–Trinajstić information content (AvgIpc) is 2.76. The standard InChI is InChI=1S/C15H14Cl2N4O2/c1-4-23-9-5-10(16)13(11(17)6-9)12-7(2)20-21-14(12)18-8(3)19-15(21)22/h5-6H,4H2,1-3H3,(H,18,19,22). The first-order valence-corrected chi connectivity index (χ1v) is 7.76. The molecule has 0 aliphatic carbocycles. The minimum Gasteiger partial charge on any atom is -0.494 e. The van der Waals surface area contributed by atoms with E-state index in [9.17, 15) is 4.79 Å². The van der Waals surface area contributed by atoms with Crippen LogP contribution in [0, 0.1) is 13.8 Å². The molecule has 3 aromatic rings. The Bertz CT molecular complexity index is 939. The maximum absolute atomic E-state index is 12.0. The van der Waals surface area contributed by atoms with Gasteiger partial charge in [0.25, 0.3) is 0 Å². The number of aryl methyl sites for hydroxylation is 2. The van der Waals surface area contributed by atoms with E-state index in [1.165, 1.54) is 4.52 Å². The minimum atomic E-state index is -0.361. The van der Waals surface area contributed by atoms with Gasteiger partial charge >= 0.3 is 5.69 Å². The van der Waals surface area contributed by atoms with Gasteiger partial charge in [-0.05, 0) is 32.9 Å². The van der Waals surface area contributed by atoms with Crippen LogP contribution in [-0.2, 0) is 0 Å². The van der Waals surface area contributed by atoms with Gasteiger partial charge in [0.15, 0.2) is 5.65 Å². The van der Waals surface area contributed by atoms with Crippen LogP contribution in [0.1, 0.15) is 18.4 Å². The first-order chi connectivity index (χ1) is 10.9. The minimum absolute atomic E-state index is 0.361. The van der Waals surface area contributed by atoms with Crippen molar-refractivity contribution in [1.29, 1.82) is 0 Å². The highest BCUT2D eigenvalue weighted by Crippen LogP contribution is 2.40. The van der Waals surface area contributed by atoms with Crippen molar-refractivity contribution in [3.8, 4) is 16.9 Å². The number of H-pyrrole nitrogens is 1. The molecule has 2 heterocycles. The smallest absolute Gasteiger partial charge is 0.349 e. The number of hydrogen-bond donors (Lipinski definition) is 1. The molecule has 0 unspecified atom stereocenters. The summed E-state index contributed by atoms with van der Waals surface area (Å²) in [4.78, 5) is 19.0. The van der Waals surface area contributed by atoms with E-state index in [4.69, 9.17) is 27.9 Å². The van der Waals surface area contributed by atoms with Gasteiger partial charge in [0.1, 0.15) is 11.6 Å². The summed E-state index contributed by atoms with van der Waals surface area (Å²) in [6.45, 7) is 5.87. The molecule has 0 aliphatic rings. The first-order valence-electron chi connectivity index (χ1n) is 7.00. The summed E-state index contributed by atoms with van der Waals surface area (Å²) in [5.74, 6) is 1.07. The molecule has 6 nitrogen and oxygen atoms in total. The lowest BCUT2D eigenvalue weighted by molar-refractivity contribution is 0.340. The van der Waals surface area contributed by atoms with Gasteiger partial charge < -0.3 is 4.74 Å². The van der Waals surface area contributed by atoms with Gasteiger partial charge in [-0.3, -0.25) is 4.98 Å². The fourth-order valence-corrected chi connectivity index (χ4v) is 3.14. The monoisotopic (exact) mass is 352 g/mol. The van der Waals surface area contributed by atoms with Crippen molar-refractivity contribution in [3.63, 3.8) is 0 Å². The molecule has 3 rings (SSSR count). The maximum Gasteiger partial charge on any atom is 0.349 e. The number of aromatic nitrogens is 4. The molecule has 0 amide bonds. The van der Waals surface area contributed by atoms with E-state index in [0.717, 1.165) is 0 Å². The molecule has 0 saturated heterocycles. The van der Waals surface area contributed by atoms with E-state index < -0.39 is 0 Å². The lowest BCUT2D eigenvalue weighted by atomic mass is 10.1. The van der Waals surface area contributed by atoms with Crippen molar-refractivity contribution in [3.05, 3.63) is 44.2 Å². The van der Waals surface area contributed by atoms with Crippen LogP contribution in [0.25, 0.3) is 16.8 Å². The Morgan fingerprint density at radius 1 is 1.22 bits per heavy atom. The van der Waals surface area contributed by atoms with Gasteiger partial charge in [-0.2, -0.15) is 9.61 Å². The number of fused-ring (bicyclic) bond motifs is 1. The summed E-state index contributed by atoms with van der Waals surface area (Å²) >= 11 is 12.8. The molecule has 23 heavy (non-hydrogen) atoms. The third-order valence-corrected chi connectivity index (χ3v) is 3.96. The number of halogens is 2. The SMILES string of the molecule is CCOc1cc(Cl)c(-c2c(C)nn3c(=O)[nH]c(C)nc23)c(Cl)c1. The van der Waals surface area contributed by atoms with Crippen molar-refractivity contribution in [1.82, 2.24) is 19.6 Å². The first kappa shape index (κ1) is 15.8. The van der Waals surface area contributed by atoms with Crippen LogP contribution in [0.2, 0.25) is 10.0 Å². The second kappa shape index (κ2) is 5.86. The van der Waals surface area contributed by atoms with Crippen LogP contribution in [0.15, 0.2) is 16.9 Å². The van der Waals surface area contributed by atoms with Crippen molar-refractivity contribution in [2.75, 3.05) is 6.61 Å². The Morgan fingerprint density at radius 2 is 1.87 bits per heavy atom. The summed E-state index contributed by atoms with van der Waals surface area (Å²) in [5, 5.41) is 5.06. The maximum atomic E-state index is 12.0. The quantitative estimate of drug-likeness (QED) is 0.783. The summed E-state index contributed by atoms with van der Waals surface area (Å²) in [6, 6.07) is 3.38. The predicted octanol–water partition coefficient (Wildman–Crippen LogP) is 3.41. The fourth-order valence-electron chi connectivity index (χ4n) is 2.49. The molecular weight excluding hydrogens is 339 g/mol. The molecule has 0 aliphatic heterocycles. The molecule has 8 heteroatoms. The van der Waals surface area contributed by atoms with Gasteiger partial charge in [0, 0.05) is 5.56 Å². The third kappa shape index (κ3) is 2.68. The Hall–Kier alpha value is -2.05. The van der Waals surface area contributed by atoms with Crippen LogP contribution in [0.4, 0.5) is 0 Å². The molecule has 120 valence electrons. The molecule has 0 saturated carbocycles. The molecule has 0 bridgehead atoms. The van der Waals surface area contributed by atoms with Gasteiger partial charge in [0.05, 0.1) is 27.9 Å². The number of nitrogens with one attached hydrogen (secondary N) is 1. The van der Waals surface area contributed by atoms with E-state index in [1.54, 1.807) is 26.0 Å². The molecular formula is C15H14Cl2N4O2. The number of ether oxygens (including phenoxy) is 1. The van der Waals surface area contributed by atoms with Crippen LogP contribution >= 0.6 is 23.2 Å². The topological polar surface area (TPSA) is 72.3 Å². The van der Waals surface area contributed by atoms with Crippen molar-refractivity contribution >= 4 is 28.8 Å². The van der Waals surface area contributed by atoms with Gasteiger partial charge in [-0.15, -0.1) is 0 Å². The molecule has 0 radical (unpaired) electrons. The lowest BCUT2D eigenvalue weighted by Gasteiger charge is -2.10. The summed E-state index contributed by atoms with van der Waals surface area (Å²) < 4.78 is 6.64. The Kier molecular flexibility index (Phi) is 4.04. The van der Waals surface area contributed by atoms with Gasteiger partial charge in [-0.25, -0.2) is 9.78 Å². The molecule has 0 fully saturated rings. The Labute approximate surface area is 142 Å². The molecule has 0 spiro atoms. The van der Waals surface area contributed by atoms with Gasteiger partial charge in [0.2, 0.25) is 0 Å². The highest BCUT2D eigenvalue weighted by atomic mass is 35.5. The van der Waals surface area contributed by atoms with E-state index >= 15 is 0 Å². The second-order valence-electron chi connectivity index (χ2n) is 5.02.